The van der Waals surface area contributed by atoms with Gasteiger partial charge in [0.25, 0.3) is 0 Å². The SMILES string of the molecule is COc1cccc(CNCc2cc(C(=O)O)oc2C)c1. The quantitative estimate of drug-likeness (QED) is 0.847. The van der Waals surface area contributed by atoms with Gasteiger partial charge in [0, 0.05) is 18.7 Å². The van der Waals surface area contributed by atoms with Gasteiger partial charge in [-0.25, -0.2) is 4.79 Å². The first-order valence-electron chi connectivity index (χ1n) is 6.26. The third-order valence-electron chi connectivity index (χ3n) is 3.01. The maximum absolute atomic E-state index is 10.8. The number of aryl methyl sites for hydroxylation is 1. The molecule has 0 spiro atoms. The van der Waals surface area contributed by atoms with Gasteiger partial charge < -0.3 is 19.6 Å². The Bertz CT molecular complexity index is 604. The predicted octanol–water partition coefficient (Wildman–Crippen LogP) is 2.58. The van der Waals surface area contributed by atoms with Crippen LogP contribution in [0.3, 0.4) is 0 Å². The minimum absolute atomic E-state index is 0.0271. The standard InChI is InChI=1S/C15H17NO4/c1-10-12(7-14(20-10)15(17)18)9-16-8-11-4-3-5-13(6-11)19-2/h3-7,16H,8-9H2,1-2H3,(H,17,18). The fourth-order valence-electron chi connectivity index (χ4n) is 1.92. The maximum atomic E-state index is 10.8. The topological polar surface area (TPSA) is 71.7 Å². The number of carboxylic acid groups (broad SMARTS) is 1. The zero-order chi connectivity index (χ0) is 14.5. The van der Waals surface area contributed by atoms with E-state index in [4.69, 9.17) is 14.3 Å². The molecule has 1 heterocycles. The molecule has 106 valence electrons. The summed E-state index contributed by atoms with van der Waals surface area (Å²) < 4.78 is 10.3. The number of furan rings is 1. The van der Waals surface area contributed by atoms with Crippen molar-refractivity contribution < 1.29 is 19.1 Å². The fraction of sp³-hybridized carbons (Fsp3) is 0.267. The molecule has 1 aromatic heterocycles. The van der Waals surface area contributed by atoms with Crippen LogP contribution in [0.1, 0.15) is 27.4 Å². The Morgan fingerprint density at radius 1 is 1.35 bits per heavy atom. The molecule has 0 unspecified atom stereocenters. The second-order valence-corrected chi connectivity index (χ2v) is 4.45. The Hall–Kier alpha value is -2.27. The van der Waals surface area contributed by atoms with Crippen LogP contribution < -0.4 is 10.1 Å². The molecule has 2 aromatic rings. The predicted molar refractivity (Wildman–Crippen MR) is 73.9 cm³/mol. The van der Waals surface area contributed by atoms with Crippen molar-refractivity contribution in [1.29, 1.82) is 0 Å². The van der Waals surface area contributed by atoms with Crippen LogP contribution in [0, 0.1) is 6.92 Å². The van der Waals surface area contributed by atoms with Gasteiger partial charge in [0.05, 0.1) is 7.11 Å². The number of hydrogen-bond acceptors (Lipinski definition) is 4. The van der Waals surface area contributed by atoms with Crippen molar-refractivity contribution in [2.75, 3.05) is 7.11 Å². The van der Waals surface area contributed by atoms with Gasteiger partial charge in [-0.2, -0.15) is 0 Å². The van der Waals surface area contributed by atoms with E-state index in [9.17, 15) is 4.79 Å². The molecule has 5 nitrogen and oxygen atoms in total. The van der Waals surface area contributed by atoms with Crippen molar-refractivity contribution in [3.8, 4) is 5.75 Å². The van der Waals surface area contributed by atoms with Crippen LogP contribution in [0.5, 0.6) is 5.75 Å². The van der Waals surface area contributed by atoms with Gasteiger partial charge in [0.2, 0.25) is 5.76 Å². The number of ether oxygens (including phenoxy) is 1. The summed E-state index contributed by atoms with van der Waals surface area (Å²) in [6, 6.07) is 9.33. The van der Waals surface area contributed by atoms with Crippen LogP contribution in [0.15, 0.2) is 34.7 Å². The average Bonchev–Trinajstić information content (AvgIpc) is 2.81. The first-order chi connectivity index (χ1) is 9.60. The van der Waals surface area contributed by atoms with Crippen LogP contribution in [0.4, 0.5) is 0 Å². The van der Waals surface area contributed by atoms with Crippen molar-refractivity contribution in [3.05, 3.63) is 53.0 Å². The van der Waals surface area contributed by atoms with Crippen LogP contribution in [-0.2, 0) is 13.1 Å². The molecule has 1 aromatic carbocycles. The van der Waals surface area contributed by atoms with Crippen molar-refractivity contribution >= 4 is 5.97 Å². The number of nitrogens with one attached hydrogen (secondary N) is 1. The number of carboxylic acids is 1. The summed E-state index contributed by atoms with van der Waals surface area (Å²) in [5.41, 5.74) is 1.95. The van der Waals surface area contributed by atoms with Gasteiger partial charge in [0.15, 0.2) is 0 Å². The molecule has 20 heavy (non-hydrogen) atoms. The molecule has 0 bridgehead atoms. The van der Waals surface area contributed by atoms with Gasteiger partial charge in [-0.1, -0.05) is 12.1 Å². The van der Waals surface area contributed by atoms with Crippen molar-refractivity contribution in [1.82, 2.24) is 5.32 Å². The molecule has 0 fully saturated rings. The Labute approximate surface area is 117 Å². The first kappa shape index (κ1) is 14.1. The van der Waals surface area contributed by atoms with Crippen molar-refractivity contribution in [3.63, 3.8) is 0 Å². The smallest absolute Gasteiger partial charge is 0.371 e. The molecular formula is C15H17NO4. The Morgan fingerprint density at radius 3 is 2.80 bits per heavy atom. The Morgan fingerprint density at radius 2 is 2.15 bits per heavy atom. The van der Waals surface area contributed by atoms with Gasteiger partial charge in [-0.3, -0.25) is 0 Å². The highest BCUT2D eigenvalue weighted by molar-refractivity contribution is 5.84. The van der Waals surface area contributed by atoms with Crippen molar-refractivity contribution in [2.24, 2.45) is 0 Å². The number of aromatic carboxylic acids is 1. The third kappa shape index (κ3) is 3.39. The molecule has 0 saturated carbocycles. The van der Waals surface area contributed by atoms with E-state index >= 15 is 0 Å². The lowest BCUT2D eigenvalue weighted by molar-refractivity contribution is 0.0661. The van der Waals surface area contributed by atoms with Crippen molar-refractivity contribution in [2.45, 2.75) is 20.0 Å². The molecule has 0 amide bonds. The summed E-state index contributed by atoms with van der Waals surface area (Å²) in [5.74, 6) is 0.366. The highest BCUT2D eigenvalue weighted by atomic mass is 16.5. The van der Waals surface area contributed by atoms with Crippen LogP contribution in [0.25, 0.3) is 0 Å². The van der Waals surface area contributed by atoms with Gasteiger partial charge in [-0.15, -0.1) is 0 Å². The second kappa shape index (κ2) is 6.25. The molecule has 2 N–H and O–H groups in total. The molecule has 0 saturated heterocycles. The summed E-state index contributed by atoms with van der Waals surface area (Å²) in [4.78, 5) is 10.8. The summed E-state index contributed by atoms with van der Waals surface area (Å²) in [6.07, 6.45) is 0. The second-order valence-electron chi connectivity index (χ2n) is 4.45. The molecule has 0 atom stereocenters. The molecule has 0 aliphatic carbocycles. The van der Waals surface area contributed by atoms with Crippen LogP contribution in [-0.4, -0.2) is 18.2 Å². The normalized spacial score (nSPS) is 10.5. The van der Waals surface area contributed by atoms with Crippen LogP contribution in [0.2, 0.25) is 0 Å². The van der Waals surface area contributed by atoms with E-state index in [1.165, 1.54) is 0 Å². The molecular weight excluding hydrogens is 258 g/mol. The number of rotatable bonds is 6. The van der Waals surface area contributed by atoms with E-state index in [1.54, 1.807) is 20.1 Å². The number of carbonyl (C=O) groups is 1. The van der Waals surface area contributed by atoms with E-state index < -0.39 is 5.97 Å². The lowest BCUT2D eigenvalue weighted by Gasteiger charge is -2.06. The summed E-state index contributed by atoms with van der Waals surface area (Å²) in [7, 11) is 1.63. The third-order valence-corrected chi connectivity index (χ3v) is 3.01. The van der Waals surface area contributed by atoms with E-state index in [-0.39, 0.29) is 5.76 Å². The summed E-state index contributed by atoms with van der Waals surface area (Å²) in [5, 5.41) is 12.1. The summed E-state index contributed by atoms with van der Waals surface area (Å²) in [6.45, 7) is 2.99. The zero-order valence-corrected chi connectivity index (χ0v) is 11.5. The lowest BCUT2D eigenvalue weighted by Crippen LogP contribution is -2.12. The zero-order valence-electron chi connectivity index (χ0n) is 11.5. The number of hydrogen-bond donors (Lipinski definition) is 2. The number of benzene rings is 1. The minimum atomic E-state index is -1.05. The molecule has 5 heteroatoms. The molecule has 0 aliphatic rings. The molecule has 0 aliphatic heterocycles. The van der Waals surface area contributed by atoms with E-state index in [2.05, 4.69) is 5.32 Å². The fourth-order valence-corrected chi connectivity index (χ4v) is 1.92. The number of methoxy groups -OCH3 is 1. The largest absolute Gasteiger partial charge is 0.497 e. The van der Waals surface area contributed by atoms with Crippen LogP contribution >= 0.6 is 0 Å². The Kier molecular flexibility index (Phi) is 4.42. The highest BCUT2D eigenvalue weighted by Gasteiger charge is 2.12. The first-order valence-corrected chi connectivity index (χ1v) is 6.26. The monoisotopic (exact) mass is 275 g/mol. The van der Waals surface area contributed by atoms with Gasteiger partial charge in [0.1, 0.15) is 11.5 Å². The minimum Gasteiger partial charge on any atom is -0.497 e. The van der Waals surface area contributed by atoms with E-state index in [0.29, 0.717) is 18.8 Å². The highest BCUT2D eigenvalue weighted by Crippen LogP contribution is 2.15. The summed E-state index contributed by atoms with van der Waals surface area (Å²) >= 11 is 0. The van der Waals surface area contributed by atoms with E-state index in [0.717, 1.165) is 16.9 Å². The maximum Gasteiger partial charge on any atom is 0.371 e. The van der Waals surface area contributed by atoms with E-state index in [1.807, 2.05) is 24.3 Å². The van der Waals surface area contributed by atoms with Gasteiger partial charge >= 0.3 is 5.97 Å². The van der Waals surface area contributed by atoms with Gasteiger partial charge in [-0.05, 0) is 30.7 Å². The molecule has 0 radical (unpaired) electrons. The lowest BCUT2D eigenvalue weighted by atomic mass is 10.2. The molecule has 2 rings (SSSR count). The Balaban J connectivity index is 1.94. The average molecular weight is 275 g/mol.